The number of anilines is 1. The average molecular weight is 241 g/mol. The summed E-state index contributed by atoms with van der Waals surface area (Å²) >= 11 is 0. The first-order valence-electron chi connectivity index (χ1n) is 6.10. The highest BCUT2D eigenvalue weighted by Gasteiger charge is 2.48. The molecule has 4 nitrogen and oxygen atoms in total. The molecule has 1 heterocycles. The van der Waals surface area contributed by atoms with Gasteiger partial charge in [-0.25, -0.2) is 0 Å². The molecule has 0 atom stereocenters. The van der Waals surface area contributed by atoms with Crippen molar-refractivity contribution < 1.29 is 4.79 Å². The number of hydrogen-bond donors (Lipinski definition) is 2. The van der Waals surface area contributed by atoms with Crippen molar-refractivity contribution in [2.75, 3.05) is 11.9 Å². The molecule has 1 amide bonds. The van der Waals surface area contributed by atoms with Gasteiger partial charge < -0.3 is 11.1 Å². The summed E-state index contributed by atoms with van der Waals surface area (Å²) in [6.45, 7) is 0.419. The van der Waals surface area contributed by atoms with Crippen molar-refractivity contribution in [3.8, 4) is 0 Å². The van der Waals surface area contributed by atoms with Gasteiger partial charge in [-0.3, -0.25) is 9.78 Å². The van der Waals surface area contributed by atoms with E-state index in [-0.39, 0.29) is 11.3 Å². The first kappa shape index (κ1) is 11.2. The highest BCUT2D eigenvalue weighted by Crippen LogP contribution is 2.45. The van der Waals surface area contributed by atoms with Crippen molar-refractivity contribution in [2.45, 2.75) is 12.8 Å². The molecule has 0 bridgehead atoms. The predicted molar refractivity (Wildman–Crippen MR) is 71.1 cm³/mol. The minimum Gasteiger partial charge on any atom is -0.329 e. The van der Waals surface area contributed by atoms with E-state index in [0.717, 1.165) is 29.4 Å². The van der Waals surface area contributed by atoms with Gasteiger partial charge in [-0.05, 0) is 37.1 Å². The summed E-state index contributed by atoms with van der Waals surface area (Å²) in [6.07, 6.45) is 3.52. The first-order chi connectivity index (χ1) is 8.75. The van der Waals surface area contributed by atoms with Gasteiger partial charge in [0.2, 0.25) is 5.91 Å². The average Bonchev–Trinajstić information content (AvgIpc) is 3.20. The van der Waals surface area contributed by atoms with E-state index in [2.05, 4.69) is 10.3 Å². The van der Waals surface area contributed by atoms with Crippen molar-refractivity contribution in [1.82, 2.24) is 4.98 Å². The quantitative estimate of drug-likeness (QED) is 0.862. The van der Waals surface area contributed by atoms with Crippen molar-refractivity contribution in [2.24, 2.45) is 11.1 Å². The Bertz CT molecular complexity index is 600. The molecule has 1 aliphatic rings. The van der Waals surface area contributed by atoms with Crippen LogP contribution < -0.4 is 11.1 Å². The van der Waals surface area contributed by atoms with Gasteiger partial charge in [-0.2, -0.15) is 0 Å². The Labute approximate surface area is 105 Å². The number of rotatable bonds is 3. The summed E-state index contributed by atoms with van der Waals surface area (Å²) in [6, 6.07) is 9.55. The second-order valence-electron chi connectivity index (χ2n) is 4.81. The zero-order valence-corrected chi connectivity index (χ0v) is 10.0. The molecule has 0 radical (unpaired) electrons. The number of carbonyl (C=O) groups is 1. The molecule has 3 rings (SSSR count). The van der Waals surface area contributed by atoms with E-state index >= 15 is 0 Å². The minimum absolute atomic E-state index is 0.0290. The molecule has 1 saturated carbocycles. The van der Waals surface area contributed by atoms with Crippen LogP contribution >= 0.6 is 0 Å². The maximum atomic E-state index is 12.2. The number of hydrogen-bond acceptors (Lipinski definition) is 3. The van der Waals surface area contributed by atoms with E-state index in [0.29, 0.717) is 6.54 Å². The second kappa shape index (κ2) is 4.07. The summed E-state index contributed by atoms with van der Waals surface area (Å²) < 4.78 is 0. The number of nitrogens with one attached hydrogen (secondary N) is 1. The number of benzene rings is 1. The molecule has 92 valence electrons. The Kier molecular flexibility index (Phi) is 2.52. The molecule has 1 aromatic carbocycles. The molecule has 0 saturated heterocycles. The topological polar surface area (TPSA) is 68.0 Å². The number of fused-ring (bicyclic) bond motifs is 1. The zero-order valence-electron chi connectivity index (χ0n) is 10.0. The molecule has 1 aliphatic carbocycles. The Hall–Kier alpha value is -1.94. The number of nitrogens with zero attached hydrogens (tertiary/aromatic N) is 1. The SMILES string of the molecule is NCC1(C(=O)Nc2cccc3ncccc23)CC1. The largest absolute Gasteiger partial charge is 0.329 e. The lowest BCUT2D eigenvalue weighted by atomic mass is 10.1. The molecular weight excluding hydrogens is 226 g/mol. The summed E-state index contributed by atoms with van der Waals surface area (Å²) in [7, 11) is 0. The van der Waals surface area contributed by atoms with Crippen LogP contribution in [0.5, 0.6) is 0 Å². The van der Waals surface area contributed by atoms with E-state index in [9.17, 15) is 4.79 Å². The fourth-order valence-electron chi connectivity index (χ4n) is 2.14. The molecule has 0 unspecified atom stereocenters. The van der Waals surface area contributed by atoms with Crippen molar-refractivity contribution in [3.05, 3.63) is 36.5 Å². The molecule has 18 heavy (non-hydrogen) atoms. The molecule has 1 aromatic heterocycles. The Morgan fingerprint density at radius 1 is 1.33 bits per heavy atom. The van der Waals surface area contributed by atoms with Gasteiger partial charge in [0.1, 0.15) is 0 Å². The molecule has 4 heteroatoms. The molecule has 3 N–H and O–H groups in total. The third-order valence-electron chi connectivity index (χ3n) is 3.62. The molecule has 0 aliphatic heterocycles. The molecule has 1 fully saturated rings. The maximum absolute atomic E-state index is 12.2. The lowest BCUT2D eigenvalue weighted by Gasteiger charge is -2.14. The van der Waals surface area contributed by atoms with E-state index < -0.39 is 0 Å². The number of carbonyl (C=O) groups excluding carboxylic acids is 1. The van der Waals surface area contributed by atoms with Crippen LogP contribution in [0.4, 0.5) is 5.69 Å². The smallest absolute Gasteiger partial charge is 0.231 e. The highest BCUT2D eigenvalue weighted by atomic mass is 16.2. The van der Waals surface area contributed by atoms with Gasteiger partial charge in [0.05, 0.1) is 16.6 Å². The highest BCUT2D eigenvalue weighted by molar-refractivity contribution is 6.04. The van der Waals surface area contributed by atoms with Crippen LogP contribution in [-0.2, 0) is 4.79 Å². The fourth-order valence-corrected chi connectivity index (χ4v) is 2.14. The summed E-state index contributed by atoms with van der Waals surface area (Å²) in [5, 5.41) is 3.94. The van der Waals surface area contributed by atoms with E-state index in [1.165, 1.54) is 0 Å². The number of nitrogens with two attached hydrogens (primary N) is 1. The van der Waals surface area contributed by atoms with Gasteiger partial charge in [0.15, 0.2) is 0 Å². The molecule has 2 aromatic rings. The third kappa shape index (κ3) is 1.75. The molecule has 0 spiro atoms. The number of aromatic nitrogens is 1. The second-order valence-corrected chi connectivity index (χ2v) is 4.81. The van der Waals surface area contributed by atoms with E-state index in [1.807, 2.05) is 30.3 Å². The fraction of sp³-hybridized carbons (Fsp3) is 0.286. The lowest BCUT2D eigenvalue weighted by molar-refractivity contribution is -0.120. The normalized spacial score (nSPS) is 16.5. The Morgan fingerprint density at radius 2 is 2.17 bits per heavy atom. The zero-order chi connectivity index (χ0) is 12.6. The van der Waals surface area contributed by atoms with Gasteiger partial charge in [0.25, 0.3) is 0 Å². The predicted octanol–water partition coefficient (Wildman–Crippen LogP) is 1.91. The van der Waals surface area contributed by atoms with Crippen LogP contribution in [0.2, 0.25) is 0 Å². The maximum Gasteiger partial charge on any atom is 0.231 e. The van der Waals surface area contributed by atoms with Gasteiger partial charge in [-0.1, -0.05) is 6.07 Å². The van der Waals surface area contributed by atoms with Gasteiger partial charge in [0, 0.05) is 18.1 Å². The Morgan fingerprint density at radius 3 is 2.89 bits per heavy atom. The van der Waals surface area contributed by atoms with Crippen LogP contribution in [0.15, 0.2) is 36.5 Å². The van der Waals surface area contributed by atoms with Crippen molar-refractivity contribution in [1.29, 1.82) is 0 Å². The minimum atomic E-state index is -0.329. The van der Waals surface area contributed by atoms with Crippen molar-refractivity contribution in [3.63, 3.8) is 0 Å². The summed E-state index contributed by atoms with van der Waals surface area (Å²) in [4.78, 5) is 16.4. The van der Waals surface area contributed by atoms with Gasteiger partial charge >= 0.3 is 0 Å². The summed E-state index contributed by atoms with van der Waals surface area (Å²) in [5.41, 5.74) is 7.03. The van der Waals surface area contributed by atoms with Gasteiger partial charge in [-0.15, -0.1) is 0 Å². The van der Waals surface area contributed by atoms with E-state index in [4.69, 9.17) is 5.73 Å². The van der Waals surface area contributed by atoms with Crippen LogP contribution in [0.25, 0.3) is 10.9 Å². The molecular formula is C14H15N3O. The van der Waals surface area contributed by atoms with Crippen molar-refractivity contribution >= 4 is 22.5 Å². The van der Waals surface area contributed by atoms with E-state index in [1.54, 1.807) is 6.20 Å². The number of pyridine rings is 1. The third-order valence-corrected chi connectivity index (χ3v) is 3.62. The first-order valence-corrected chi connectivity index (χ1v) is 6.10. The van der Waals surface area contributed by atoms with Crippen LogP contribution in [-0.4, -0.2) is 17.4 Å². The van der Waals surface area contributed by atoms with Crippen LogP contribution in [0, 0.1) is 5.41 Å². The monoisotopic (exact) mass is 241 g/mol. The number of amides is 1. The summed E-state index contributed by atoms with van der Waals surface area (Å²) in [5.74, 6) is 0.0290. The Balaban J connectivity index is 1.93. The lowest BCUT2D eigenvalue weighted by Crippen LogP contribution is -2.30. The van der Waals surface area contributed by atoms with Crippen LogP contribution in [0.3, 0.4) is 0 Å². The van der Waals surface area contributed by atoms with Crippen LogP contribution in [0.1, 0.15) is 12.8 Å². The standard InChI is InChI=1S/C14H15N3O/c15-9-14(6-7-14)13(18)17-12-5-1-4-11-10(12)3-2-8-16-11/h1-5,8H,6-7,9,15H2,(H,17,18).